The Kier molecular flexibility index (Phi) is 8.04. The van der Waals surface area contributed by atoms with Crippen molar-refractivity contribution in [2.75, 3.05) is 20.2 Å². The molecule has 0 aliphatic rings. The van der Waals surface area contributed by atoms with Crippen LogP contribution in [-0.4, -0.2) is 25.3 Å². The van der Waals surface area contributed by atoms with Crippen molar-refractivity contribution in [3.63, 3.8) is 0 Å². The van der Waals surface area contributed by atoms with Crippen LogP contribution in [-0.2, 0) is 0 Å². The third-order valence-corrected chi connectivity index (χ3v) is 1.10. The molecule has 2 heteroatoms. The lowest BCUT2D eigenvalue weighted by Crippen LogP contribution is -2.04. The number of rotatable bonds is 4. The summed E-state index contributed by atoms with van der Waals surface area (Å²) in [6.45, 7) is 1.05. The van der Waals surface area contributed by atoms with Crippen LogP contribution in [0.4, 0.5) is 0 Å². The number of hydrogen-bond donors (Lipinski definition) is 2. The van der Waals surface area contributed by atoms with E-state index in [1.54, 1.807) is 0 Å². The number of unbranched alkanes of at least 4 members (excludes halogenated alkanes) is 2. The van der Waals surface area contributed by atoms with Gasteiger partial charge in [-0.2, -0.15) is 0 Å². The quantitative estimate of drug-likeness (QED) is 0.438. The van der Waals surface area contributed by atoms with Crippen molar-refractivity contribution < 1.29 is 5.11 Å². The number of aliphatic hydroxyl groups is 1. The highest BCUT2D eigenvalue weighted by atomic mass is 16.2. The average molecular weight is 141 g/mol. The Bertz CT molecular complexity index is 112. The first-order chi connectivity index (χ1) is 4.91. The molecule has 0 heterocycles. The topological polar surface area (TPSA) is 32.3 Å². The molecule has 2 N–H and O–H groups in total. The first kappa shape index (κ1) is 9.48. The predicted octanol–water partition coefficient (Wildman–Crippen LogP) is 0.372. The molecule has 2 nitrogen and oxygen atoms in total. The van der Waals surface area contributed by atoms with Gasteiger partial charge in [0.05, 0.1) is 6.54 Å². The number of aliphatic hydroxyl groups excluding tert-OH is 1. The minimum Gasteiger partial charge on any atom is -0.396 e. The van der Waals surface area contributed by atoms with Gasteiger partial charge in [0.25, 0.3) is 0 Å². The van der Waals surface area contributed by atoms with E-state index in [0.29, 0.717) is 0 Å². The van der Waals surface area contributed by atoms with Gasteiger partial charge in [0.1, 0.15) is 0 Å². The minimum atomic E-state index is 0.285. The largest absolute Gasteiger partial charge is 0.396 e. The molecule has 10 heavy (non-hydrogen) atoms. The van der Waals surface area contributed by atoms with E-state index < -0.39 is 0 Å². The van der Waals surface area contributed by atoms with Gasteiger partial charge in [-0.1, -0.05) is 5.92 Å². The van der Waals surface area contributed by atoms with Gasteiger partial charge in [0.15, 0.2) is 0 Å². The standard InChI is InChI=1S/C8H15NO/c1-9-7-5-3-2-4-6-8-10/h9-10H,2,4,6-8H2,1H3. The van der Waals surface area contributed by atoms with Gasteiger partial charge in [-0.3, -0.25) is 0 Å². The van der Waals surface area contributed by atoms with Crippen molar-refractivity contribution in [1.82, 2.24) is 5.32 Å². The van der Waals surface area contributed by atoms with E-state index in [4.69, 9.17) is 5.11 Å². The fourth-order valence-electron chi connectivity index (χ4n) is 0.564. The van der Waals surface area contributed by atoms with E-state index in [2.05, 4.69) is 17.2 Å². The van der Waals surface area contributed by atoms with Crippen LogP contribution >= 0.6 is 0 Å². The molecule has 0 spiro atoms. The van der Waals surface area contributed by atoms with Crippen LogP contribution in [0.1, 0.15) is 19.3 Å². The predicted molar refractivity (Wildman–Crippen MR) is 42.6 cm³/mol. The zero-order valence-electron chi connectivity index (χ0n) is 6.48. The molecule has 0 saturated carbocycles. The molecule has 0 rings (SSSR count). The molecule has 0 aromatic carbocycles. The molecular formula is C8H15NO. The van der Waals surface area contributed by atoms with Crippen LogP contribution in [0.2, 0.25) is 0 Å². The molecule has 58 valence electrons. The average Bonchev–Trinajstić information content (AvgIpc) is 1.97. The molecule has 0 aliphatic carbocycles. The molecule has 0 radical (unpaired) electrons. The van der Waals surface area contributed by atoms with Crippen LogP contribution in [0, 0.1) is 11.8 Å². The zero-order chi connectivity index (χ0) is 7.66. The molecule has 0 fully saturated rings. The van der Waals surface area contributed by atoms with Crippen LogP contribution in [0.15, 0.2) is 0 Å². The maximum Gasteiger partial charge on any atom is 0.0574 e. The summed E-state index contributed by atoms with van der Waals surface area (Å²) in [6, 6.07) is 0. The van der Waals surface area contributed by atoms with E-state index in [-0.39, 0.29) is 6.61 Å². The van der Waals surface area contributed by atoms with E-state index in [1.807, 2.05) is 7.05 Å². The summed E-state index contributed by atoms with van der Waals surface area (Å²) < 4.78 is 0. The third-order valence-electron chi connectivity index (χ3n) is 1.10. The third kappa shape index (κ3) is 7.48. The summed E-state index contributed by atoms with van der Waals surface area (Å²) in [4.78, 5) is 0. The van der Waals surface area contributed by atoms with Crippen molar-refractivity contribution in [1.29, 1.82) is 0 Å². The van der Waals surface area contributed by atoms with Gasteiger partial charge in [-0.15, -0.1) is 5.92 Å². The van der Waals surface area contributed by atoms with Gasteiger partial charge in [-0.05, 0) is 19.9 Å². The fourth-order valence-corrected chi connectivity index (χ4v) is 0.564. The number of hydrogen-bond acceptors (Lipinski definition) is 2. The van der Waals surface area contributed by atoms with Gasteiger partial charge in [0.2, 0.25) is 0 Å². The summed E-state index contributed by atoms with van der Waals surface area (Å²) >= 11 is 0. The van der Waals surface area contributed by atoms with E-state index in [1.165, 1.54) is 0 Å². The lowest BCUT2D eigenvalue weighted by Gasteiger charge is -1.88. The second kappa shape index (κ2) is 8.48. The molecule has 0 amide bonds. The molecule has 0 saturated heterocycles. The fraction of sp³-hybridized carbons (Fsp3) is 0.750. The molecule has 0 atom stereocenters. The molecule has 0 unspecified atom stereocenters. The van der Waals surface area contributed by atoms with E-state index in [9.17, 15) is 0 Å². The Morgan fingerprint density at radius 2 is 2.10 bits per heavy atom. The second-order valence-corrected chi connectivity index (χ2v) is 2.06. The van der Waals surface area contributed by atoms with Crippen molar-refractivity contribution in [2.45, 2.75) is 19.3 Å². The molecule has 0 bridgehead atoms. The summed E-state index contributed by atoms with van der Waals surface area (Å²) in [5.74, 6) is 5.95. The Labute approximate surface area is 62.6 Å². The maximum absolute atomic E-state index is 8.41. The molecule has 0 aromatic rings. The summed E-state index contributed by atoms with van der Waals surface area (Å²) in [5, 5.41) is 11.3. The second-order valence-electron chi connectivity index (χ2n) is 2.06. The van der Waals surface area contributed by atoms with E-state index >= 15 is 0 Å². The lowest BCUT2D eigenvalue weighted by molar-refractivity contribution is 0.285. The van der Waals surface area contributed by atoms with Crippen LogP contribution in [0.25, 0.3) is 0 Å². The minimum absolute atomic E-state index is 0.285. The lowest BCUT2D eigenvalue weighted by atomic mass is 10.2. The van der Waals surface area contributed by atoms with Crippen LogP contribution in [0.3, 0.4) is 0 Å². The summed E-state index contributed by atoms with van der Waals surface area (Å²) in [6.07, 6.45) is 2.78. The Hall–Kier alpha value is -0.520. The highest BCUT2D eigenvalue weighted by Crippen LogP contribution is 1.90. The highest BCUT2D eigenvalue weighted by molar-refractivity contribution is 5.00. The van der Waals surface area contributed by atoms with Crippen LogP contribution < -0.4 is 5.32 Å². The van der Waals surface area contributed by atoms with Crippen molar-refractivity contribution in [2.24, 2.45) is 0 Å². The SMILES string of the molecule is CNCC#CCCCCO. The van der Waals surface area contributed by atoms with Crippen molar-refractivity contribution >= 4 is 0 Å². The molecular weight excluding hydrogens is 126 g/mol. The Balaban J connectivity index is 2.96. The van der Waals surface area contributed by atoms with Gasteiger partial charge in [0, 0.05) is 13.0 Å². The van der Waals surface area contributed by atoms with Gasteiger partial charge >= 0.3 is 0 Å². The first-order valence-electron chi connectivity index (χ1n) is 3.63. The Morgan fingerprint density at radius 1 is 1.30 bits per heavy atom. The Morgan fingerprint density at radius 3 is 2.70 bits per heavy atom. The highest BCUT2D eigenvalue weighted by Gasteiger charge is 1.80. The maximum atomic E-state index is 8.41. The first-order valence-corrected chi connectivity index (χ1v) is 3.63. The smallest absolute Gasteiger partial charge is 0.0574 e. The molecule has 0 aliphatic heterocycles. The van der Waals surface area contributed by atoms with E-state index in [0.717, 1.165) is 25.8 Å². The van der Waals surface area contributed by atoms with Gasteiger partial charge in [-0.25, -0.2) is 0 Å². The normalized spacial score (nSPS) is 8.60. The van der Waals surface area contributed by atoms with Gasteiger partial charge < -0.3 is 10.4 Å². The molecule has 0 aromatic heterocycles. The van der Waals surface area contributed by atoms with Crippen molar-refractivity contribution in [3.8, 4) is 11.8 Å². The van der Waals surface area contributed by atoms with Crippen LogP contribution in [0.5, 0.6) is 0 Å². The number of nitrogens with one attached hydrogen (secondary N) is 1. The zero-order valence-corrected chi connectivity index (χ0v) is 6.48. The summed E-state index contributed by atoms with van der Waals surface area (Å²) in [5.41, 5.74) is 0. The summed E-state index contributed by atoms with van der Waals surface area (Å²) in [7, 11) is 1.88. The monoisotopic (exact) mass is 141 g/mol. The van der Waals surface area contributed by atoms with Crippen molar-refractivity contribution in [3.05, 3.63) is 0 Å².